The summed E-state index contributed by atoms with van der Waals surface area (Å²) in [6.07, 6.45) is 0. The smallest absolute Gasteiger partial charge is 0.219 e. The maximum atomic E-state index is 11.4. The molecule has 0 spiro atoms. The van der Waals surface area contributed by atoms with E-state index in [0.717, 1.165) is 19.6 Å². The molecular formula is C15H22N2O. The molecule has 18 heavy (non-hydrogen) atoms. The summed E-state index contributed by atoms with van der Waals surface area (Å²) >= 11 is 0. The molecule has 1 aliphatic heterocycles. The first kappa shape index (κ1) is 13.1. The maximum Gasteiger partial charge on any atom is 0.219 e. The molecule has 1 fully saturated rings. The quantitative estimate of drug-likeness (QED) is 0.799. The van der Waals surface area contributed by atoms with Gasteiger partial charge in [-0.2, -0.15) is 0 Å². The van der Waals surface area contributed by atoms with E-state index in [1.165, 1.54) is 5.56 Å². The van der Waals surface area contributed by atoms with Crippen LogP contribution in [0.25, 0.3) is 0 Å². The topological polar surface area (TPSA) is 23.6 Å². The van der Waals surface area contributed by atoms with Gasteiger partial charge in [-0.3, -0.25) is 9.69 Å². The van der Waals surface area contributed by atoms with Crippen LogP contribution in [0.1, 0.15) is 32.4 Å². The highest BCUT2D eigenvalue weighted by Crippen LogP contribution is 2.24. The average Bonchev–Trinajstić information content (AvgIpc) is 2.38. The fourth-order valence-corrected chi connectivity index (χ4v) is 2.76. The van der Waals surface area contributed by atoms with Crippen molar-refractivity contribution in [3.8, 4) is 0 Å². The minimum Gasteiger partial charge on any atom is -0.340 e. The summed E-state index contributed by atoms with van der Waals surface area (Å²) in [4.78, 5) is 15.8. The normalized spacial score (nSPS) is 22.8. The van der Waals surface area contributed by atoms with Crippen LogP contribution in [-0.2, 0) is 4.79 Å². The number of rotatable bonds is 2. The van der Waals surface area contributed by atoms with E-state index in [2.05, 4.69) is 43.0 Å². The SMILES string of the molecule is CC(=O)N1CCN(C(C)c2ccccc2)C(C)C1. The molecule has 3 nitrogen and oxygen atoms in total. The number of carbonyl (C=O) groups excluding carboxylic acids is 1. The Hall–Kier alpha value is -1.35. The van der Waals surface area contributed by atoms with E-state index in [9.17, 15) is 4.79 Å². The van der Waals surface area contributed by atoms with Gasteiger partial charge in [-0.05, 0) is 19.4 Å². The van der Waals surface area contributed by atoms with Crippen LogP contribution in [0.2, 0.25) is 0 Å². The lowest BCUT2D eigenvalue weighted by atomic mass is 10.0. The highest BCUT2D eigenvalue weighted by Gasteiger charge is 2.28. The Kier molecular flexibility index (Phi) is 4.02. The third-order valence-electron chi connectivity index (χ3n) is 3.90. The van der Waals surface area contributed by atoms with Crippen molar-refractivity contribution < 1.29 is 4.79 Å². The van der Waals surface area contributed by atoms with Gasteiger partial charge in [-0.25, -0.2) is 0 Å². The minimum atomic E-state index is 0.189. The summed E-state index contributed by atoms with van der Waals surface area (Å²) in [5, 5.41) is 0. The van der Waals surface area contributed by atoms with Crippen LogP contribution < -0.4 is 0 Å². The number of amides is 1. The summed E-state index contributed by atoms with van der Waals surface area (Å²) < 4.78 is 0. The second-order valence-electron chi connectivity index (χ2n) is 5.14. The zero-order valence-electron chi connectivity index (χ0n) is 11.5. The van der Waals surface area contributed by atoms with E-state index < -0.39 is 0 Å². The van der Waals surface area contributed by atoms with Crippen LogP contribution in [0.15, 0.2) is 30.3 Å². The van der Waals surface area contributed by atoms with Crippen molar-refractivity contribution in [2.75, 3.05) is 19.6 Å². The maximum absolute atomic E-state index is 11.4. The highest BCUT2D eigenvalue weighted by atomic mass is 16.2. The molecule has 1 heterocycles. The molecule has 0 bridgehead atoms. The largest absolute Gasteiger partial charge is 0.340 e. The van der Waals surface area contributed by atoms with E-state index in [0.29, 0.717) is 12.1 Å². The second-order valence-corrected chi connectivity index (χ2v) is 5.14. The summed E-state index contributed by atoms with van der Waals surface area (Å²) in [5.41, 5.74) is 1.35. The van der Waals surface area contributed by atoms with Gasteiger partial charge >= 0.3 is 0 Å². The van der Waals surface area contributed by atoms with Crippen molar-refractivity contribution >= 4 is 5.91 Å². The van der Waals surface area contributed by atoms with Crippen molar-refractivity contribution in [1.29, 1.82) is 0 Å². The van der Waals surface area contributed by atoms with E-state index in [4.69, 9.17) is 0 Å². The monoisotopic (exact) mass is 246 g/mol. The van der Waals surface area contributed by atoms with Crippen LogP contribution in [0, 0.1) is 0 Å². The molecule has 1 aromatic carbocycles. The van der Waals surface area contributed by atoms with Gasteiger partial charge in [0.15, 0.2) is 0 Å². The lowest BCUT2D eigenvalue weighted by molar-refractivity contribution is -0.132. The van der Waals surface area contributed by atoms with Gasteiger partial charge in [0, 0.05) is 38.6 Å². The fourth-order valence-electron chi connectivity index (χ4n) is 2.76. The summed E-state index contributed by atoms with van der Waals surface area (Å²) in [6.45, 7) is 8.74. The lowest BCUT2D eigenvalue weighted by Crippen LogP contribution is -2.53. The fraction of sp³-hybridized carbons (Fsp3) is 0.533. The Morgan fingerprint density at radius 1 is 1.28 bits per heavy atom. The first-order chi connectivity index (χ1) is 8.59. The third kappa shape index (κ3) is 2.72. The van der Waals surface area contributed by atoms with Gasteiger partial charge in [0.2, 0.25) is 5.91 Å². The Morgan fingerprint density at radius 3 is 2.50 bits per heavy atom. The van der Waals surface area contributed by atoms with Crippen molar-refractivity contribution in [1.82, 2.24) is 9.80 Å². The number of nitrogens with zero attached hydrogens (tertiary/aromatic N) is 2. The van der Waals surface area contributed by atoms with Gasteiger partial charge in [0.1, 0.15) is 0 Å². The van der Waals surface area contributed by atoms with Crippen LogP contribution in [0.4, 0.5) is 0 Å². The third-order valence-corrected chi connectivity index (χ3v) is 3.90. The molecule has 1 saturated heterocycles. The molecule has 1 aliphatic rings. The molecule has 3 heteroatoms. The summed E-state index contributed by atoms with van der Waals surface area (Å²) in [7, 11) is 0. The van der Waals surface area contributed by atoms with Crippen LogP contribution >= 0.6 is 0 Å². The molecule has 0 aliphatic carbocycles. The van der Waals surface area contributed by atoms with Gasteiger partial charge in [0.25, 0.3) is 0 Å². The molecule has 98 valence electrons. The Labute approximate surface area is 109 Å². The van der Waals surface area contributed by atoms with E-state index in [1.54, 1.807) is 6.92 Å². The first-order valence-corrected chi connectivity index (χ1v) is 6.66. The predicted octanol–water partition coefficient (Wildman–Crippen LogP) is 2.30. The summed E-state index contributed by atoms with van der Waals surface area (Å²) in [5.74, 6) is 0.189. The molecule has 0 radical (unpaired) electrons. The lowest BCUT2D eigenvalue weighted by Gasteiger charge is -2.42. The van der Waals surface area contributed by atoms with Crippen LogP contribution in [0.3, 0.4) is 0 Å². The number of piperazine rings is 1. The second kappa shape index (κ2) is 5.53. The number of hydrogen-bond donors (Lipinski definition) is 0. The number of hydrogen-bond acceptors (Lipinski definition) is 2. The van der Waals surface area contributed by atoms with E-state index >= 15 is 0 Å². The Balaban J connectivity index is 2.05. The molecule has 0 N–H and O–H groups in total. The van der Waals surface area contributed by atoms with Gasteiger partial charge in [0.05, 0.1) is 0 Å². The molecule has 2 unspecified atom stereocenters. The average molecular weight is 246 g/mol. The molecule has 0 aromatic heterocycles. The zero-order valence-corrected chi connectivity index (χ0v) is 11.5. The summed E-state index contributed by atoms with van der Waals surface area (Å²) in [6, 6.07) is 11.4. The van der Waals surface area contributed by atoms with Gasteiger partial charge in [-0.1, -0.05) is 30.3 Å². The minimum absolute atomic E-state index is 0.189. The van der Waals surface area contributed by atoms with Crippen LogP contribution in [-0.4, -0.2) is 41.4 Å². The molecule has 0 saturated carbocycles. The van der Waals surface area contributed by atoms with E-state index in [1.807, 2.05) is 11.0 Å². The molecule has 2 atom stereocenters. The standard InChI is InChI=1S/C15H22N2O/c1-12-11-16(14(3)18)9-10-17(12)13(2)15-7-5-4-6-8-15/h4-8,12-13H,9-11H2,1-3H3. The van der Waals surface area contributed by atoms with Crippen molar-refractivity contribution in [3.63, 3.8) is 0 Å². The van der Waals surface area contributed by atoms with Gasteiger partial charge in [-0.15, -0.1) is 0 Å². The van der Waals surface area contributed by atoms with Crippen molar-refractivity contribution in [2.45, 2.75) is 32.9 Å². The molecule has 1 amide bonds. The molecule has 1 aromatic rings. The van der Waals surface area contributed by atoms with Crippen LogP contribution in [0.5, 0.6) is 0 Å². The van der Waals surface area contributed by atoms with Crippen molar-refractivity contribution in [3.05, 3.63) is 35.9 Å². The van der Waals surface area contributed by atoms with E-state index in [-0.39, 0.29) is 5.91 Å². The predicted molar refractivity (Wildman–Crippen MR) is 73.3 cm³/mol. The molecular weight excluding hydrogens is 224 g/mol. The zero-order chi connectivity index (χ0) is 13.1. The Bertz CT molecular complexity index is 404. The first-order valence-electron chi connectivity index (χ1n) is 6.66. The molecule has 2 rings (SSSR count). The number of benzene rings is 1. The number of carbonyl (C=O) groups is 1. The highest BCUT2D eigenvalue weighted by molar-refractivity contribution is 5.73. The van der Waals surface area contributed by atoms with Crippen molar-refractivity contribution in [2.24, 2.45) is 0 Å². The van der Waals surface area contributed by atoms with Gasteiger partial charge < -0.3 is 4.90 Å². The Morgan fingerprint density at radius 2 is 1.94 bits per heavy atom.